The maximum absolute atomic E-state index is 10.7. The zero-order chi connectivity index (χ0) is 21.2. The molecule has 152 valence electrons. The Morgan fingerprint density at radius 2 is 1.37 bits per heavy atom. The summed E-state index contributed by atoms with van der Waals surface area (Å²) < 4.78 is 43.2. The van der Waals surface area contributed by atoms with Crippen molar-refractivity contribution in [2.24, 2.45) is 7.05 Å². The van der Waals surface area contributed by atoms with Gasteiger partial charge in [-0.1, -0.05) is 41.5 Å². The van der Waals surface area contributed by atoms with Gasteiger partial charge in [0.15, 0.2) is 0 Å². The first kappa shape index (κ1) is 23.1. The molecule has 0 spiro atoms. The highest BCUT2D eigenvalue weighted by Gasteiger charge is 2.26. The Balaban J connectivity index is 0.000000646. The Morgan fingerprint density at radius 3 is 1.67 bits per heavy atom. The van der Waals surface area contributed by atoms with Crippen molar-refractivity contribution in [3.63, 3.8) is 0 Å². The molecule has 2 aromatic rings. The van der Waals surface area contributed by atoms with Crippen molar-refractivity contribution >= 4 is 7.25 Å². The van der Waals surface area contributed by atoms with E-state index in [-0.39, 0.29) is 10.8 Å². The van der Waals surface area contributed by atoms with Gasteiger partial charge in [0.2, 0.25) is 6.33 Å². The molecule has 1 heterocycles. The Morgan fingerprint density at radius 1 is 0.963 bits per heavy atom. The number of hydrogen-bond donors (Lipinski definition) is 1. The van der Waals surface area contributed by atoms with Gasteiger partial charge < -0.3 is 22.4 Å². The van der Waals surface area contributed by atoms with Gasteiger partial charge in [-0.3, -0.25) is 0 Å². The predicted octanol–water partition coefficient (Wildman–Crippen LogP) is 4.96. The zero-order valence-electron chi connectivity index (χ0n) is 17.0. The maximum Gasteiger partial charge on any atom is 0.673 e. The third-order valence-electron chi connectivity index (χ3n) is 3.97. The predicted molar refractivity (Wildman–Crippen MR) is 100 cm³/mol. The molecular weight excluding hydrogens is 359 g/mol. The molecule has 0 radical (unpaired) electrons. The van der Waals surface area contributed by atoms with Crippen molar-refractivity contribution in [1.29, 1.82) is 0 Å². The summed E-state index contributed by atoms with van der Waals surface area (Å²) in [6, 6.07) is 4.29. The highest BCUT2D eigenvalue weighted by Crippen LogP contribution is 2.39. The minimum Gasteiger partial charge on any atom is -0.507 e. The largest absolute Gasteiger partial charge is 0.673 e. The van der Waals surface area contributed by atoms with Crippen LogP contribution >= 0.6 is 0 Å². The van der Waals surface area contributed by atoms with Crippen molar-refractivity contribution in [3.8, 4) is 5.75 Å². The molecule has 8 heteroatoms. The van der Waals surface area contributed by atoms with Crippen molar-refractivity contribution in [3.05, 3.63) is 47.5 Å². The fourth-order valence-electron chi connectivity index (χ4n) is 2.74. The van der Waals surface area contributed by atoms with Crippen LogP contribution in [-0.2, 0) is 24.4 Å². The quantitative estimate of drug-likeness (QED) is 0.440. The van der Waals surface area contributed by atoms with Crippen molar-refractivity contribution in [1.82, 2.24) is 4.57 Å². The van der Waals surface area contributed by atoms with E-state index in [4.69, 9.17) is 0 Å². The topological polar surface area (TPSA) is 29.0 Å². The molecule has 0 saturated carbocycles. The van der Waals surface area contributed by atoms with E-state index >= 15 is 0 Å². The van der Waals surface area contributed by atoms with Crippen molar-refractivity contribution < 1.29 is 26.9 Å². The normalized spacial score (nSPS) is 12.6. The smallest absolute Gasteiger partial charge is 0.507 e. The Kier molecular flexibility index (Phi) is 6.78. The van der Waals surface area contributed by atoms with Gasteiger partial charge in [0.05, 0.1) is 7.05 Å². The number of aromatic nitrogens is 2. The molecule has 1 aromatic carbocycles. The van der Waals surface area contributed by atoms with Gasteiger partial charge in [-0.25, -0.2) is 9.13 Å². The summed E-state index contributed by atoms with van der Waals surface area (Å²) in [6.07, 6.45) is 6.18. The summed E-state index contributed by atoms with van der Waals surface area (Å²) in [7, 11) is -3.98. The van der Waals surface area contributed by atoms with Crippen LogP contribution in [0.4, 0.5) is 17.3 Å². The molecule has 0 fully saturated rings. The van der Waals surface area contributed by atoms with Crippen LogP contribution in [0.5, 0.6) is 5.75 Å². The van der Waals surface area contributed by atoms with Gasteiger partial charge in [-0.2, -0.15) is 0 Å². The minimum atomic E-state index is -6.00. The molecule has 0 saturated heterocycles. The first-order valence-electron chi connectivity index (χ1n) is 8.73. The average Bonchev–Trinajstić information content (AvgIpc) is 2.81. The molecule has 0 aliphatic carbocycles. The van der Waals surface area contributed by atoms with E-state index in [1.54, 1.807) is 0 Å². The summed E-state index contributed by atoms with van der Waals surface area (Å²) in [6.45, 7) is 13.7. The summed E-state index contributed by atoms with van der Waals surface area (Å²) in [4.78, 5) is 0. The van der Waals surface area contributed by atoms with Crippen molar-refractivity contribution in [2.45, 2.75) is 58.9 Å². The lowest BCUT2D eigenvalue weighted by Crippen LogP contribution is -2.24. The molecular formula is C19H29BF4N2O. The molecule has 0 amide bonds. The number of imidazole rings is 1. The van der Waals surface area contributed by atoms with Crippen LogP contribution in [0.1, 0.15) is 58.2 Å². The standard InChI is InChI=1S/C19H28N2O.BF4/c1-18(2,3)15-10-14(12-21-9-8-20(7)13-21)11-16(17(15)22)19(4,5)6;2-1(3,4)5/h8-11,13H,12H2,1-7H3;/q;-1/p+1. The molecule has 1 N–H and O–H groups in total. The van der Waals surface area contributed by atoms with E-state index in [0.717, 1.165) is 17.7 Å². The van der Waals surface area contributed by atoms with E-state index in [0.29, 0.717) is 5.75 Å². The van der Waals surface area contributed by atoms with Crippen molar-refractivity contribution in [2.75, 3.05) is 0 Å². The molecule has 0 atom stereocenters. The third-order valence-corrected chi connectivity index (χ3v) is 3.97. The van der Waals surface area contributed by atoms with E-state index in [1.165, 1.54) is 5.56 Å². The third kappa shape index (κ3) is 7.65. The number of benzene rings is 1. The number of phenolic OH excluding ortho intramolecular Hbond substituents is 1. The number of aryl methyl sites for hydroxylation is 1. The number of halogens is 4. The number of aromatic hydroxyl groups is 1. The van der Waals surface area contributed by atoms with Crippen LogP contribution in [0.25, 0.3) is 0 Å². The minimum absolute atomic E-state index is 0.0819. The Bertz CT molecular complexity index is 730. The molecule has 2 rings (SSSR count). The summed E-state index contributed by atoms with van der Waals surface area (Å²) in [5.74, 6) is 0.446. The molecule has 27 heavy (non-hydrogen) atoms. The first-order valence-corrected chi connectivity index (χ1v) is 8.73. The van der Waals surface area contributed by atoms with Crippen LogP contribution in [0.2, 0.25) is 0 Å². The van der Waals surface area contributed by atoms with Crippen LogP contribution in [0.3, 0.4) is 0 Å². The number of phenols is 1. The lowest BCUT2D eigenvalue weighted by molar-refractivity contribution is -0.671. The first-order chi connectivity index (χ1) is 12.0. The fraction of sp³-hybridized carbons (Fsp3) is 0.526. The van der Waals surface area contributed by atoms with Crippen LogP contribution in [0.15, 0.2) is 30.9 Å². The molecule has 3 nitrogen and oxygen atoms in total. The van der Waals surface area contributed by atoms with Gasteiger partial charge >= 0.3 is 7.25 Å². The molecule has 0 aliphatic rings. The van der Waals surface area contributed by atoms with E-state index in [1.807, 2.05) is 17.8 Å². The van der Waals surface area contributed by atoms with E-state index in [2.05, 4.69) is 70.8 Å². The second kappa shape index (κ2) is 7.94. The SMILES string of the molecule is C[n+]1ccn(Cc2cc(C(C)(C)C)c(O)c(C(C)(C)C)c2)c1.F[B-](F)(F)F. The van der Waals surface area contributed by atoms with Crippen LogP contribution in [0, 0.1) is 0 Å². The van der Waals surface area contributed by atoms with Crippen LogP contribution in [-0.4, -0.2) is 16.9 Å². The van der Waals surface area contributed by atoms with Gasteiger partial charge in [0, 0.05) is 0 Å². The average molecular weight is 388 g/mol. The van der Waals surface area contributed by atoms with Gasteiger partial charge in [0.1, 0.15) is 24.7 Å². The van der Waals surface area contributed by atoms with Gasteiger partial charge in [-0.15, -0.1) is 0 Å². The second-order valence-electron chi connectivity index (χ2n) is 8.79. The molecule has 0 unspecified atom stereocenters. The Labute approximate surface area is 158 Å². The number of nitrogens with zero attached hydrogens (tertiary/aromatic N) is 2. The van der Waals surface area contributed by atoms with Gasteiger partial charge in [0.25, 0.3) is 0 Å². The number of hydrogen-bond acceptors (Lipinski definition) is 1. The van der Waals surface area contributed by atoms with E-state index < -0.39 is 7.25 Å². The fourth-order valence-corrected chi connectivity index (χ4v) is 2.74. The highest BCUT2D eigenvalue weighted by molar-refractivity contribution is 6.50. The van der Waals surface area contributed by atoms with Crippen LogP contribution < -0.4 is 4.57 Å². The monoisotopic (exact) mass is 388 g/mol. The lowest BCUT2D eigenvalue weighted by atomic mass is 9.78. The zero-order valence-corrected chi connectivity index (χ0v) is 17.0. The second-order valence-corrected chi connectivity index (χ2v) is 8.79. The highest BCUT2D eigenvalue weighted by atomic mass is 19.5. The van der Waals surface area contributed by atoms with Gasteiger partial charge in [-0.05, 0) is 39.7 Å². The Hall–Kier alpha value is -1.99. The molecule has 0 bridgehead atoms. The molecule has 1 aromatic heterocycles. The number of rotatable bonds is 2. The molecule has 0 aliphatic heterocycles. The van der Waals surface area contributed by atoms with E-state index in [9.17, 15) is 22.4 Å². The lowest BCUT2D eigenvalue weighted by Gasteiger charge is -2.28. The summed E-state index contributed by atoms with van der Waals surface area (Å²) >= 11 is 0. The summed E-state index contributed by atoms with van der Waals surface area (Å²) in [5.41, 5.74) is 3.10. The summed E-state index contributed by atoms with van der Waals surface area (Å²) in [5, 5.41) is 10.7. The maximum atomic E-state index is 10.7.